The summed E-state index contributed by atoms with van der Waals surface area (Å²) in [7, 11) is 0. The molecule has 0 saturated carbocycles. The number of nitrogens with one attached hydrogen (secondary N) is 2. The van der Waals surface area contributed by atoms with Crippen LogP contribution in [-0.2, 0) is 29.1 Å². The fraction of sp³-hybridized carbons (Fsp3) is 0.435. The van der Waals surface area contributed by atoms with E-state index in [-0.39, 0.29) is 30.4 Å². The molecule has 2 amide bonds. The number of hydrogen-bond donors (Lipinski definition) is 2. The van der Waals surface area contributed by atoms with Gasteiger partial charge in [0.05, 0.1) is 25.5 Å². The van der Waals surface area contributed by atoms with E-state index in [1.807, 2.05) is 20.8 Å². The van der Waals surface area contributed by atoms with Crippen LogP contribution in [0.15, 0.2) is 22.6 Å². The molecular weight excluding hydrogens is 479 g/mol. The molecule has 0 spiro atoms. The van der Waals surface area contributed by atoms with E-state index in [1.165, 1.54) is 22.9 Å². The van der Waals surface area contributed by atoms with Gasteiger partial charge in [0, 0.05) is 23.9 Å². The average molecular weight is 505 g/mol. The number of ether oxygens (including phenoxy) is 1. The van der Waals surface area contributed by atoms with Gasteiger partial charge in [0.2, 0.25) is 17.7 Å². The minimum atomic E-state index is -0.910. The minimum absolute atomic E-state index is 0.0219. The van der Waals surface area contributed by atoms with Crippen LogP contribution in [-0.4, -0.2) is 44.4 Å². The molecule has 1 aromatic carbocycles. The number of rotatable bonds is 6. The number of aryl methyl sites for hydroxylation is 1. The Kier molecular flexibility index (Phi) is 6.91. The van der Waals surface area contributed by atoms with Crippen LogP contribution in [0.2, 0.25) is 5.02 Å². The van der Waals surface area contributed by atoms with E-state index < -0.39 is 29.1 Å². The Morgan fingerprint density at radius 1 is 1.29 bits per heavy atom. The van der Waals surface area contributed by atoms with Crippen molar-refractivity contribution in [2.75, 3.05) is 6.61 Å². The largest absolute Gasteiger partial charge is 0.424 e. The molecule has 35 heavy (non-hydrogen) atoms. The second-order valence-electron chi connectivity index (χ2n) is 9.29. The first kappa shape index (κ1) is 24.8. The first-order valence-corrected chi connectivity index (χ1v) is 11.4. The van der Waals surface area contributed by atoms with Crippen LogP contribution in [0.4, 0.5) is 4.39 Å². The fourth-order valence-corrected chi connectivity index (χ4v) is 3.98. The summed E-state index contributed by atoms with van der Waals surface area (Å²) in [6.45, 7) is 7.70. The third kappa shape index (κ3) is 5.35. The molecule has 12 heteroatoms. The number of amides is 2. The normalized spacial score (nSPS) is 14.3. The smallest absolute Gasteiger partial charge is 0.272 e. The first-order chi connectivity index (χ1) is 16.5. The SMILES string of the molecule is Cc1nnc(CNC(=O)[C@@H](NC(=O)c2nn(-c3cc(Cl)ccc3F)c3c2COCC3)C(C)(C)C)o1. The monoisotopic (exact) mass is 504 g/mol. The summed E-state index contributed by atoms with van der Waals surface area (Å²) in [5.41, 5.74) is 0.764. The highest BCUT2D eigenvalue weighted by Gasteiger charge is 2.35. The lowest BCUT2D eigenvalue weighted by Gasteiger charge is -2.30. The van der Waals surface area contributed by atoms with Gasteiger partial charge in [-0.1, -0.05) is 32.4 Å². The van der Waals surface area contributed by atoms with E-state index in [9.17, 15) is 14.0 Å². The predicted molar refractivity (Wildman–Crippen MR) is 123 cm³/mol. The Labute approximate surface area is 206 Å². The molecule has 186 valence electrons. The molecule has 4 rings (SSSR count). The Hall–Kier alpha value is -3.31. The van der Waals surface area contributed by atoms with Crippen molar-refractivity contribution in [1.82, 2.24) is 30.6 Å². The van der Waals surface area contributed by atoms with Gasteiger partial charge in [-0.25, -0.2) is 9.07 Å². The highest BCUT2D eigenvalue weighted by atomic mass is 35.5. The third-order valence-electron chi connectivity index (χ3n) is 5.56. The minimum Gasteiger partial charge on any atom is -0.424 e. The number of carbonyl (C=O) groups excluding carboxylic acids is 2. The first-order valence-electron chi connectivity index (χ1n) is 11.1. The van der Waals surface area contributed by atoms with Gasteiger partial charge < -0.3 is 19.8 Å². The third-order valence-corrected chi connectivity index (χ3v) is 5.79. The molecule has 1 atom stereocenters. The fourth-order valence-electron chi connectivity index (χ4n) is 3.82. The van der Waals surface area contributed by atoms with Crippen LogP contribution < -0.4 is 10.6 Å². The van der Waals surface area contributed by atoms with Crippen molar-refractivity contribution in [2.45, 2.75) is 53.3 Å². The van der Waals surface area contributed by atoms with Crippen molar-refractivity contribution in [3.63, 3.8) is 0 Å². The number of aromatic nitrogens is 4. The molecule has 3 heterocycles. The van der Waals surface area contributed by atoms with Crippen LogP contribution in [0.25, 0.3) is 5.69 Å². The molecule has 0 unspecified atom stereocenters. The summed E-state index contributed by atoms with van der Waals surface area (Å²) in [5, 5.41) is 17.8. The Morgan fingerprint density at radius 2 is 2.06 bits per heavy atom. The Bertz CT molecular complexity index is 1270. The van der Waals surface area contributed by atoms with Gasteiger partial charge in [0.1, 0.15) is 17.5 Å². The standard InChI is InChI=1S/C23H26ClFN6O4/c1-12-28-29-18(35-12)10-26-22(33)20(23(2,3)4)27-21(32)19-14-11-34-8-7-16(14)31(30-19)17-9-13(24)5-6-15(17)25/h5-6,9,20H,7-8,10-11H2,1-4H3,(H,26,33)(H,27,32)/t20-/m1/s1. The summed E-state index contributed by atoms with van der Waals surface area (Å²) < 4.78 is 26.8. The summed E-state index contributed by atoms with van der Waals surface area (Å²) in [6.07, 6.45) is 0.439. The zero-order valence-corrected chi connectivity index (χ0v) is 20.6. The Balaban J connectivity index is 1.61. The van der Waals surface area contributed by atoms with Gasteiger partial charge >= 0.3 is 0 Å². The highest BCUT2D eigenvalue weighted by Crippen LogP contribution is 2.28. The maximum atomic E-state index is 14.6. The number of fused-ring (bicyclic) bond motifs is 1. The topological polar surface area (TPSA) is 124 Å². The summed E-state index contributed by atoms with van der Waals surface area (Å²) in [5.74, 6) is -0.887. The maximum Gasteiger partial charge on any atom is 0.272 e. The maximum absolute atomic E-state index is 14.6. The Morgan fingerprint density at radius 3 is 2.74 bits per heavy atom. The molecule has 0 saturated heterocycles. The summed E-state index contributed by atoms with van der Waals surface area (Å²) in [6, 6.07) is 3.23. The van der Waals surface area contributed by atoms with E-state index in [0.717, 1.165) is 0 Å². The van der Waals surface area contributed by atoms with Crippen LogP contribution in [0.1, 0.15) is 54.3 Å². The van der Waals surface area contributed by atoms with Crippen molar-refractivity contribution in [2.24, 2.45) is 5.41 Å². The van der Waals surface area contributed by atoms with Crippen LogP contribution in [0.3, 0.4) is 0 Å². The molecule has 0 aliphatic carbocycles. The van der Waals surface area contributed by atoms with Crippen LogP contribution in [0.5, 0.6) is 0 Å². The summed E-state index contributed by atoms with van der Waals surface area (Å²) >= 11 is 6.08. The van der Waals surface area contributed by atoms with Crippen molar-refractivity contribution in [3.8, 4) is 5.69 Å². The highest BCUT2D eigenvalue weighted by molar-refractivity contribution is 6.30. The van der Waals surface area contributed by atoms with Gasteiger partial charge in [-0.05, 0) is 23.6 Å². The van der Waals surface area contributed by atoms with Gasteiger partial charge in [-0.15, -0.1) is 10.2 Å². The van der Waals surface area contributed by atoms with Crippen molar-refractivity contribution >= 4 is 23.4 Å². The number of benzene rings is 1. The number of nitrogens with zero attached hydrogens (tertiary/aromatic N) is 4. The van der Waals surface area contributed by atoms with Gasteiger partial charge in [0.25, 0.3) is 5.91 Å². The molecule has 3 aromatic rings. The second kappa shape index (κ2) is 9.74. The lowest BCUT2D eigenvalue weighted by Crippen LogP contribution is -2.53. The van der Waals surface area contributed by atoms with E-state index in [4.69, 9.17) is 20.8 Å². The molecule has 0 bridgehead atoms. The zero-order valence-electron chi connectivity index (χ0n) is 19.8. The summed E-state index contributed by atoms with van der Waals surface area (Å²) in [4.78, 5) is 26.4. The molecule has 10 nitrogen and oxygen atoms in total. The van der Waals surface area contributed by atoms with E-state index in [0.29, 0.717) is 35.2 Å². The molecule has 0 fully saturated rings. The van der Waals surface area contributed by atoms with Crippen LogP contribution in [0, 0.1) is 18.2 Å². The van der Waals surface area contributed by atoms with Gasteiger partial charge in [-0.3, -0.25) is 9.59 Å². The number of carbonyl (C=O) groups is 2. The molecule has 2 aromatic heterocycles. The quantitative estimate of drug-likeness (QED) is 0.529. The van der Waals surface area contributed by atoms with E-state index >= 15 is 0 Å². The predicted octanol–water partition coefficient (Wildman–Crippen LogP) is 2.89. The van der Waals surface area contributed by atoms with Crippen molar-refractivity contribution in [3.05, 3.63) is 57.8 Å². The van der Waals surface area contributed by atoms with E-state index in [2.05, 4.69) is 25.9 Å². The van der Waals surface area contributed by atoms with E-state index in [1.54, 1.807) is 6.92 Å². The molecule has 2 N–H and O–H groups in total. The molecule has 1 aliphatic rings. The van der Waals surface area contributed by atoms with Gasteiger partial charge in [0.15, 0.2) is 5.69 Å². The van der Waals surface area contributed by atoms with Crippen LogP contribution >= 0.6 is 11.6 Å². The zero-order chi connectivity index (χ0) is 25.3. The number of hydrogen-bond acceptors (Lipinski definition) is 7. The molecule has 1 aliphatic heterocycles. The molecular formula is C23H26ClFN6O4. The lowest BCUT2D eigenvalue weighted by atomic mass is 9.86. The van der Waals surface area contributed by atoms with Crippen molar-refractivity contribution < 1.29 is 23.1 Å². The van der Waals surface area contributed by atoms with Crippen molar-refractivity contribution in [1.29, 1.82) is 0 Å². The second-order valence-corrected chi connectivity index (χ2v) is 9.73. The number of halogens is 2. The lowest BCUT2D eigenvalue weighted by molar-refractivity contribution is -0.125. The average Bonchev–Trinajstić information content (AvgIpc) is 3.40. The molecule has 0 radical (unpaired) electrons. The van der Waals surface area contributed by atoms with Gasteiger partial charge in [-0.2, -0.15) is 5.10 Å².